The number of ether oxygens (including phenoxy) is 2. The Morgan fingerprint density at radius 3 is 3.04 bits per heavy atom. The first-order valence-corrected chi connectivity index (χ1v) is 8.99. The van der Waals surface area contributed by atoms with Gasteiger partial charge in [-0.3, -0.25) is 9.59 Å². The summed E-state index contributed by atoms with van der Waals surface area (Å²) in [4.78, 5) is 35.2. The van der Waals surface area contributed by atoms with Crippen molar-refractivity contribution in [2.24, 2.45) is 0 Å². The number of aromatic amines is 1. The van der Waals surface area contributed by atoms with Crippen molar-refractivity contribution in [2.75, 3.05) is 19.5 Å². The number of thioether (sulfide) groups is 1. The van der Waals surface area contributed by atoms with E-state index in [0.29, 0.717) is 30.7 Å². The molecule has 1 fully saturated rings. The van der Waals surface area contributed by atoms with Crippen LogP contribution in [0.25, 0.3) is 0 Å². The van der Waals surface area contributed by atoms with E-state index in [1.54, 1.807) is 24.6 Å². The predicted molar refractivity (Wildman–Crippen MR) is 92.0 cm³/mol. The van der Waals surface area contributed by atoms with Crippen molar-refractivity contribution >= 4 is 17.7 Å². The second kappa shape index (κ2) is 8.13. The third-order valence-electron chi connectivity index (χ3n) is 3.73. The normalized spacial score (nSPS) is 20.0. The molecule has 0 bridgehead atoms. The van der Waals surface area contributed by atoms with E-state index in [1.807, 2.05) is 6.07 Å². The second-order valence-corrected chi connectivity index (χ2v) is 6.20. The molecule has 2 aromatic rings. The molecule has 1 aliphatic rings. The molecule has 3 heterocycles. The van der Waals surface area contributed by atoms with Crippen LogP contribution in [0.2, 0.25) is 0 Å². The lowest BCUT2D eigenvalue weighted by atomic mass is 10.1. The van der Waals surface area contributed by atoms with E-state index in [-0.39, 0.29) is 17.7 Å². The van der Waals surface area contributed by atoms with Gasteiger partial charge in [0.1, 0.15) is 11.7 Å². The molecule has 132 valence electrons. The van der Waals surface area contributed by atoms with E-state index in [4.69, 9.17) is 9.47 Å². The SMILES string of the molecule is CSc1ncc(C(=O)N[C@@H]2COCC[C@H]2Oc2ccccn2)c(=O)[nH]1. The number of aromatic nitrogens is 3. The number of H-pyrrole nitrogens is 1. The van der Waals surface area contributed by atoms with E-state index in [1.165, 1.54) is 18.0 Å². The van der Waals surface area contributed by atoms with Crippen molar-refractivity contribution < 1.29 is 14.3 Å². The van der Waals surface area contributed by atoms with Crippen molar-refractivity contribution in [3.63, 3.8) is 0 Å². The molecular weight excluding hydrogens is 344 g/mol. The van der Waals surface area contributed by atoms with Crippen LogP contribution in [-0.2, 0) is 4.74 Å². The molecule has 0 spiro atoms. The van der Waals surface area contributed by atoms with E-state index in [0.717, 1.165) is 0 Å². The highest BCUT2D eigenvalue weighted by molar-refractivity contribution is 7.98. The lowest BCUT2D eigenvalue weighted by molar-refractivity contribution is -0.00451. The topological polar surface area (TPSA) is 106 Å². The Bertz CT molecular complexity index is 783. The van der Waals surface area contributed by atoms with Crippen molar-refractivity contribution in [2.45, 2.75) is 23.7 Å². The van der Waals surface area contributed by atoms with Gasteiger partial charge in [-0.05, 0) is 12.3 Å². The second-order valence-electron chi connectivity index (χ2n) is 5.40. The standard InChI is InChI=1S/C16H18N4O4S/c1-25-16-18-8-10(15(22)20-16)14(21)19-11-9-23-7-5-12(11)24-13-4-2-3-6-17-13/h2-4,6,8,11-12H,5,7,9H2,1H3,(H,19,21)(H,18,20,22)/t11-,12-/m1/s1. The van der Waals surface area contributed by atoms with E-state index >= 15 is 0 Å². The molecule has 1 amide bonds. The van der Waals surface area contributed by atoms with Crippen LogP contribution in [0.15, 0.2) is 40.5 Å². The van der Waals surface area contributed by atoms with Crippen LogP contribution in [-0.4, -0.2) is 52.5 Å². The summed E-state index contributed by atoms with van der Waals surface area (Å²) >= 11 is 1.30. The number of nitrogens with zero attached hydrogens (tertiary/aromatic N) is 2. The van der Waals surface area contributed by atoms with Gasteiger partial charge in [0.2, 0.25) is 5.88 Å². The Labute approximate surface area is 148 Å². The highest BCUT2D eigenvalue weighted by Gasteiger charge is 2.30. The third kappa shape index (κ3) is 4.37. The Morgan fingerprint density at radius 1 is 1.44 bits per heavy atom. The summed E-state index contributed by atoms with van der Waals surface area (Å²) in [7, 11) is 0. The van der Waals surface area contributed by atoms with Crippen LogP contribution in [0.5, 0.6) is 5.88 Å². The molecule has 0 saturated carbocycles. The minimum atomic E-state index is -0.508. The van der Waals surface area contributed by atoms with Crippen LogP contribution in [0.3, 0.4) is 0 Å². The monoisotopic (exact) mass is 362 g/mol. The highest BCUT2D eigenvalue weighted by atomic mass is 32.2. The Balaban J connectivity index is 1.71. The summed E-state index contributed by atoms with van der Waals surface area (Å²) in [6.45, 7) is 0.839. The Morgan fingerprint density at radius 2 is 2.32 bits per heavy atom. The zero-order chi connectivity index (χ0) is 17.6. The van der Waals surface area contributed by atoms with Gasteiger partial charge in [0.05, 0.1) is 19.3 Å². The molecule has 3 rings (SSSR count). The summed E-state index contributed by atoms with van der Waals surface area (Å²) in [6, 6.07) is 4.99. The lowest BCUT2D eigenvalue weighted by Crippen LogP contribution is -2.52. The average molecular weight is 362 g/mol. The summed E-state index contributed by atoms with van der Waals surface area (Å²) in [5.41, 5.74) is -0.518. The Hall–Kier alpha value is -2.39. The molecule has 25 heavy (non-hydrogen) atoms. The van der Waals surface area contributed by atoms with E-state index in [2.05, 4.69) is 20.3 Å². The molecule has 8 nitrogen and oxygen atoms in total. The number of pyridine rings is 1. The van der Waals surface area contributed by atoms with Crippen molar-refractivity contribution in [3.8, 4) is 5.88 Å². The number of hydrogen-bond acceptors (Lipinski definition) is 7. The molecule has 1 aliphatic heterocycles. The van der Waals surface area contributed by atoms with Crippen molar-refractivity contribution in [1.29, 1.82) is 0 Å². The first-order valence-electron chi connectivity index (χ1n) is 7.77. The molecule has 1 saturated heterocycles. The molecule has 0 aliphatic carbocycles. The smallest absolute Gasteiger partial charge is 0.264 e. The number of rotatable bonds is 5. The maximum atomic E-state index is 12.4. The summed E-state index contributed by atoms with van der Waals surface area (Å²) in [5.74, 6) is -0.0241. The van der Waals surface area contributed by atoms with Gasteiger partial charge >= 0.3 is 0 Å². The first-order chi connectivity index (χ1) is 12.2. The number of carbonyl (C=O) groups is 1. The fourth-order valence-corrected chi connectivity index (χ4v) is 2.81. The highest BCUT2D eigenvalue weighted by Crippen LogP contribution is 2.16. The molecule has 2 aromatic heterocycles. The first kappa shape index (κ1) is 17.4. The maximum Gasteiger partial charge on any atom is 0.264 e. The zero-order valence-corrected chi connectivity index (χ0v) is 14.4. The minimum absolute atomic E-state index is 0.0417. The molecule has 0 radical (unpaired) electrons. The van der Waals surface area contributed by atoms with Gasteiger partial charge in [-0.25, -0.2) is 9.97 Å². The van der Waals surface area contributed by atoms with Gasteiger partial charge in [0.25, 0.3) is 11.5 Å². The summed E-state index contributed by atoms with van der Waals surface area (Å²) in [6.07, 6.45) is 5.03. The van der Waals surface area contributed by atoms with Crippen molar-refractivity contribution in [3.05, 3.63) is 46.5 Å². The summed E-state index contributed by atoms with van der Waals surface area (Å²) in [5, 5.41) is 3.26. The van der Waals surface area contributed by atoms with Crippen LogP contribution in [0, 0.1) is 0 Å². The maximum absolute atomic E-state index is 12.4. The van der Waals surface area contributed by atoms with E-state index < -0.39 is 11.5 Å². The van der Waals surface area contributed by atoms with Crippen molar-refractivity contribution in [1.82, 2.24) is 20.3 Å². The van der Waals surface area contributed by atoms with Gasteiger partial charge in [0, 0.05) is 24.9 Å². The fraction of sp³-hybridized carbons (Fsp3) is 0.375. The lowest BCUT2D eigenvalue weighted by Gasteiger charge is -2.31. The van der Waals surface area contributed by atoms with Gasteiger partial charge in [-0.1, -0.05) is 17.8 Å². The molecule has 2 N–H and O–H groups in total. The third-order valence-corrected chi connectivity index (χ3v) is 4.33. The quantitative estimate of drug-likeness (QED) is 0.600. The molecular formula is C16H18N4O4S. The van der Waals surface area contributed by atoms with Crippen LogP contribution < -0.4 is 15.6 Å². The molecule has 2 atom stereocenters. The fourth-order valence-electron chi connectivity index (χ4n) is 2.46. The summed E-state index contributed by atoms with van der Waals surface area (Å²) < 4.78 is 11.3. The van der Waals surface area contributed by atoms with Gasteiger partial charge < -0.3 is 19.8 Å². The predicted octanol–water partition coefficient (Wildman–Crippen LogP) is 0.853. The van der Waals surface area contributed by atoms with Crippen LogP contribution >= 0.6 is 11.8 Å². The molecule has 0 aromatic carbocycles. The average Bonchev–Trinajstić information content (AvgIpc) is 2.64. The molecule has 9 heteroatoms. The van der Waals surface area contributed by atoms with Crippen LogP contribution in [0.1, 0.15) is 16.8 Å². The minimum Gasteiger partial charge on any atom is -0.472 e. The van der Waals surface area contributed by atoms with Gasteiger partial charge in [-0.2, -0.15) is 0 Å². The zero-order valence-electron chi connectivity index (χ0n) is 13.6. The van der Waals surface area contributed by atoms with E-state index in [9.17, 15) is 9.59 Å². The van der Waals surface area contributed by atoms with Gasteiger partial charge in [-0.15, -0.1) is 0 Å². The molecule has 0 unspecified atom stereocenters. The largest absolute Gasteiger partial charge is 0.472 e. The number of carbonyl (C=O) groups excluding carboxylic acids is 1. The van der Waals surface area contributed by atoms with Crippen LogP contribution in [0.4, 0.5) is 0 Å². The van der Waals surface area contributed by atoms with Gasteiger partial charge in [0.15, 0.2) is 5.16 Å². The number of nitrogens with one attached hydrogen (secondary N) is 2. The number of hydrogen-bond donors (Lipinski definition) is 2. The Kier molecular flexibility index (Phi) is 5.67. The number of amides is 1.